The molecule has 0 atom stereocenters. The van der Waals surface area contributed by atoms with Gasteiger partial charge in [-0.1, -0.05) is 11.6 Å². The van der Waals surface area contributed by atoms with Gasteiger partial charge < -0.3 is 14.8 Å². The minimum Gasteiger partial charge on any atom is -0.495 e. The first-order valence-electron chi connectivity index (χ1n) is 7.48. The van der Waals surface area contributed by atoms with Crippen LogP contribution >= 0.6 is 11.6 Å². The van der Waals surface area contributed by atoms with Gasteiger partial charge in [0.2, 0.25) is 0 Å². The van der Waals surface area contributed by atoms with Crippen LogP contribution in [0.15, 0.2) is 36.5 Å². The van der Waals surface area contributed by atoms with Gasteiger partial charge in [0.25, 0.3) is 0 Å². The summed E-state index contributed by atoms with van der Waals surface area (Å²) in [7, 11) is 2.88. The Hall–Kier alpha value is -2.86. The van der Waals surface area contributed by atoms with Crippen LogP contribution in [0.3, 0.4) is 0 Å². The quantitative estimate of drug-likeness (QED) is 0.708. The predicted molar refractivity (Wildman–Crippen MR) is 96.9 cm³/mol. The summed E-state index contributed by atoms with van der Waals surface area (Å²) in [5.41, 5.74) is 2.95. The number of carbonyl (C=O) groups excluding carboxylic acids is 1. The second-order valence-electron chi connectivity index (χ2n) is 5.34. The highest BCUT2D eigenvalue weighted by Gasteiger charge is 2.17. The topological polar surface area (TPSA) is 73.3 Å². The third kappa shape index (κ3) is 3.34. The van der Waals surface area contributed by atoms with E-state index in [0.717, 1.165) is 5.69 Å². The summed E-state index contributed by atoms with van der Waals surface area (Å²) in [6.07, 6.45) is 1.45. The van der Waals surface area contributed by atoms with Gasteiger partial charge in [-0.25, -0.2) is 14.8 Å². The number of pyridine rings is 2. The van der Waals surface area contributed by atoms with Crippen LogP contribution in [0.2, 0.25) is 5.02 Å². The number of methoxy groups -OCH3 is 2. The highest BCUT2D eigenvalue weighted by molar-refractivity contribution is 6.32. The molecule has 2 heterocycles. The molecule has 0 aliphatic heterocycles. The fraction of sp³-hybridized carbons (Fsp3) is 0.167. The van der Waals surface area contributed by atoms with Crippen molar-refractivity contribution in [3.05, 3.63) is 52.8 Å². The van der Waals surface area contributed by atoms with Gasteiger partial charge in [-0.05, 0) is 37.3 Å². The number of hydrogen-bond donors (Lipinski definition) is 1. The lowest BCUT2D eigenvalue weighted by molar-refractivity contribution is 0.0601. The van der Waals surface area contributed by atoms with Crippen molar-refractivity contribution < 1.29 is 14.3 Å². The van der Waals surface area contributed by atoms with Crippen LogP contribution in [0, 0.1) is 6.92 Å². The molecular formula is C18H16ClN3O3. The van der Waals surface area contributed by atoms with E-state index in [1.54, 1.807) is 25.3 Å². The summed E-state index contributed by atoms with van der Waals surface area (Å²) in [4.78, 5) is 20.8. The molecule has 0 saturated heterocycles. The molecule has 1 N–H and O–H groups in total. The molecular weight excluding hydrogens is 342 g/mol. The van der Waals surface area contributed by atoms with Crippen LogP contribution in [0.1, 0.15) is 16.1 Å². The van der Waals surface area contributed by atoms with Gasteiger partial charge in [-0.3, -0.25) is 0 Å². The average molecular weight is 358 g/mol. The van der Waals surface area contributed by atoms with Gasteiger partial charge in [0.15, 0.2) is 5.65 Å². The van der Waals surface area contributed by atoms with E-state index >= 15 is 0 Å². The molecule has 2 aromatic heterocycles. The normalized spacial score (nSPS) is 10.6. The monoisotopic (exact) mass is 357 g/mol. The second kappa shape index (κ2) is 6.94. The zero-order valence-electron chi connectivity index (χ0n) is 14.0. The highest BCUT2D eigenvalue weighted by atomic mass is 35.5. The van der Waals surface area contributed by atoms with Crippen molar-refractivity contribution >= 4 is 40.0 Å². The average Bonchev–Trinajstić information content (AvgIpc) is 2.61. The maximum absolute atomic E-state index is 12.1. The number of hydrogen-bond acceptors (Lipinski definition) is 6. The molecule has 0 spiro atoms. The molecule has 128 valence electrons. The van der Waals surface area contributed by atoms with E-state index in [-0.39, 0.29) is 0 Å². The van der Waals surface area contributed by atoms with E-state index in [0.29, 0.717) is 38.7 Å². The Balaban J connectivity index is 2.15. The number of anilines is 2. The first kappa shape index (κ1) is 17.0. The van der Waals surface area contributed by atoms with E-state index in [4.69, 9.17) is 21.1 Å². The maximum atomic E-state index is 12.1. The van der Waals surface area contributed by atoms with E-state index < -0.39 is 5.97 Å². The lowest BCUT2D eigenvalue weighted by atomic mass is 10.1. The first-order valence-corrected chi connectivity index (χ1v) is 7.86. The first-order chi connectivity index (χ1) is 12.0. The number of nitrogens with zero attached hydrogens (tertiary/aromatic N) is 2. The van der Waals surface area contributed by atoms with Gasteiger partial charge >= 0.3 is 5.97 Å². The van der Waals surface area contributed by atoms with Crippen molar-refractivity contribution in [3.63, 3.8) is 0 Å². The van der Waals surface area contributed by atoms with Crippen LogP contribution in [0.25, 0.3) is 11.0 Å². The van der Waals surface area contributed by atoms with Crippen LogP contribution in [0.4, 0.5) is 11.4 Å². The van der Waals surface area contributed by atoms with E-state index in [1.807, 2.05) is 19.1 Å². The summed E-state index contributed by atoms with van der Waals surface area (Å²) in [6.45, 7) is 1.88. The van der Waals surface area contributed by atoms with Gasteiger partial charge in [0, 0.05) is 23.0 Å². The predicted octanol–water partition coefficient (Wildman–Crippen LogP) is 4.13. The third-order valence-electron chi connectivity index (χ3n) is 3.70. The van der Waals surface area contributed by atoms with Crippen molar-refractivity contribution in [2.75, 3.05) is 19.5 Å². The molecule has 0 amide bonds. The highest BCUT2D eigenvalue weighted by Crippen LogP contribution is 2.32. The third-order valence-corrected chi connectivity index (χ3v) is 3.99. The number of aryl methyl sites for hydroxylation is 1. The SMILES string of the molecule is COC(=O)c1cnc2nc(C)ccc2c1Nc1ccc(OC)c(Cl)c1. The Labute approximate surface area is 149 Å². The fourth-order valence-electron chi connectivity index (χ4n) is 2.46. The summed E-state index contributed by atoms with van der Waals surface area (Å²) >= 11 is 6.18. The molecule has 3 rings (SSSR count). The zero-order chi connectivity index (χ0) is 18.0. The Morgan fingerprint density at radius 3 is 2.68 bits per heavy atom. The van der Waals surface area contributed by atoms with E-state index in [9.17, 15) is 4.79 Å². The molecule has 0 fully saturated rings. The second-order valence-corrected chi connectivity index (χ2v) is 5.74. The summed E-state index contributed by atoms with van der Waals surface area (Å²) < 4.78 is 10.0. The van der Waals surface area contributed by atoms with Crippen molar-refractivity contribution in [1.82, 2.24) is 9.97 Å². The van der Waals surface area contributed by atoms with Crippen molar-refractivity contribution in [2.24, 2.45) is 0 Å². The van der Waals surface area contributed by atoms with Crippen molar-refractivity contribution in [2.45, 2.75) is 6.92 Å². The molecule has 0 unspecified atom stereocenters. The number of ether oxygens (including phenoxy) is 2. The van der Waals surface area contributed by atoms with E-state index in [2.05, 4.69) is 15.3 Å². The molecule has 0 radical (unpaired) electrons. The maximum Gasteiger partial charge on any atom is 0.341 e. The number of esters is 1. The number of nitrogens with one attached hydrogen (secondary N) is 1. The number of carbonyl (C=O) groups is 1. The lowest BCUT2D eigenvalue weighted by Crippen LogP contribution is -2.08. The number of halogens is 1. The molecule has 0 aliphatic carbocycles. The largest absolute Gasteiger partial charge is 0.495 e. The van der Waals surface area contributed by atoms with Crippen LogP contribution in [-0.2, 0) is 4.74 Å². The Kier molecular flexibility index (Phi) is 4.72. The molecule has 0 saturated carbocycles. The summed E-state index contributed by atoms with van der Waals surface area (Å²) in [6, 6.07) is 8.99. The lowest BCUT2D eigenvalue weighted by Gasteiger charge is -2.14. The summed E-state index contributed by atoms with van der Waals surface area (Å²) in [5.74, 6) is 0.0781. The molecule has 7 heteroatoms. The minimum atomic E-state index is -0.489. The van der Waals surface area contributed by atoms with Crippen LogP contribution in [0.5, 0.6) is 5.75 Å². The van der Waals surface area contributed by atoms with Gasteiger partial charge in [0.1, 0.15) is 11.3 Å². The summed E-state index contributed by atoms with van der Waals surface area (Å²) in [5, 5.41) is 4.39. The van der Waals surface area contributed by atoms with Crippen LogP contribution < -0.4 is 10.1 Å². The molecule has 6 nitrogen and oxygen atoms in total. The molecule has 0 bridgehead atoms. The molecule has 0 aliphatic rings. The number of rotatable bonds is 4. The molecule has 1 aromatic carbocycles. The Morgan fingerprint density at radius 1 is 1.20 bits per heavy atom. The van der Waals surface area contributed by atoms with Crippen molar-refractivity contribution in [1.29, 1.82) is 0 Å². The smallest absolute Gasteiger partial charge is 0.341 e. The van der Waals surface area contributed by atoms with Gasteiger partial charge in [0.05, 0.1) is 24.9 Å². The Morgan fingerprint density at radius 2 is 2.00 bits per heavy atom. The minimum absolute atomic E-state index is 0.313. The van der Waals surface area contributed by atoms with E-state index in [1.165, 1.54) is 13.3 Å². The molecule has 3 aromatic rings. The number of aromatic nitrogens is 2. The van der Waals surface area contributed by atoms with Gasteiger partial charge in [-0.2, -0.15) is 0 Å². The number of fused-ring (bicyclic) bond motifs is 1. The number of benzene rings is 1. The molecule has 25 heavy (non-hydrogen) atoms. The van der Waals surface area contributed by atoms with Crippen molar-refractivity contribution in [3.8, 4) is 5.75 Å². The standard InChI is InChI=1S/C18H16ClN3O3/c1-10-4-6-12-16(13(18(23)25-3)9-20-17(12)21-10)22-11-5-7-15(24-2)14(19)8-11/h4-9H,1-3H3,(H,20,21,22). The zero-order valence-corrected chi connectivity index (χ0v) is 14.7. The Bertz CT molecular complexity index is 960. The van der Waals surface area contributed by atoms with Crippen LogP contribution in [-0.4, -0.2) is 30.2 Å². The van der Waals surface area contributed by atoms with Gasteiger partial charge in [-0.15, -0.1) is 0 Å². The fourth-order valence-corrected chi connectivity index (χ4v) is 2.72.